The lowest BCUT2D eigenvalue weighted by Gasteiger charge is -2.10. The SMILES string of the molecule is CC(C)[C@H](N)CO.C[C@@H](O)[C@H](N)CO.C[C@H](N)CO.N[C@H](CO)CC1=CCc2ccccc21. The van der Waals surface area contributed by atoms with Crippen molar-refractivity contribution in [2.24, 2.45) is 28.9 Å². The van der Waals surface area contributed by atoms with E-state index < -0.39 is 12.1 Å². The van der Waals surface area contributed by atoms with Gasteiger partial charge < -0.3 is 48.5 Å². The Morgan fingerprint density at radius 1 is 0.788 bits per heavy atom. The van der Waals surface area contributed by atoms with E-state index in [2.05, 4.69) is 24.3 Å². The Kier molecular flexibility index (Phi) is 20.5. The van der Waals surface area contributed by atoms with E-state index in [0.717, 1.165) is 12.8 Å². The van der Waals surface area contributed by atoms with Gasteiger partial charge in [0, 0.05) is 18.1 Å². The second kappa shape index (κ2) is 20.0. The lowest BCUT2D eigenvalue weighted by molar-refractivity contribution is 0.123. The molecule has 13 N–H and O–H groups in total. The van der Waals surface area contributed by atoms with Crippen LogP contribution in [0.3, 0.4) is 0 Å². The van der Waals surface area contributed by atoms with Gasteiger partial charge >= 0.3 is 0 Å². The maximum Gasteiger partial charge on any atom is 0.0685 e. The van der Waals surface area contributed by atoms with Crippen molar-refractivity contribution in [3.8, 4) is 0 Å². The summed E-state index contributed by atoms with van der Waals surface area (Å²) in [5, 5.41) is 42.0. The summed E-state index contributed by atoms with van der Waals surface area (Å²) in [6.45, 7) is 7.34. The van der Waals surface area contributed by atoms with Gasteiger partial charge in [0.2, 0.25) is 0 Å². The fourth-order valence-electron chi connectivity index (χ4n) is 2.26. The van der Waals surface area contributed by atoms with E-state index in [4.69, 9.17) is 48.5 Å². The number of hydrogen-bond donors (Lipinski definition) is 9. The average Bonchev–Trinajstić information content (AvgIpc) is 3.21. The van der Waals surface area contributed by atoms with Gasteiger partial charge in [-0.05, 0) is 49.3 Å². The quantitative estimate of drug-likeness (QED) is 0.234. The molecule has 194 valence electrons. The van der Waals surface area contributed by atoms with E-state index in [0.29, 0.717) is 5.92 Å². The number of aliphatic hydroxyl groups excluding tert-OH is 5. The molecule has 0 spiro atoms. The van der Waals surface area contributed by atoms with Gasteiger partial charge in [-0.2, -0.15) is 0 Å². The maximum absolute atomic E-state index is 8.89. The second-order valence-corrected chi connectivity index (χ2v) is 8.57. The number of fused-ring (bicyclic) bond motifs is 1. The van der Waals surface area contributed by atoms with Crippen LogP contribution in [-0.2, 0) is 6.42 Å². The second-order valence-electron chi connectivity index (χ2n) is 8.57. The molecule has 0 radical (unpaired) electrons. The van der Waals surface area contributed by atoms with Crippen molar-refractivity contribution in [1.82, 2.24) is 0 Å². The van der Waals surface area contributed by atoms with E-state index in [1.165, 1.54) is 16.7 Å². The van der Waals surface area contributed by atoms with E-state index in [9.17, 15) is 0 Å². The van der Waals surface area contributed by atoms with Crippen LogP contribution in [0.25, 0.3) is 5.57 Å². The van der Waals surface area contributed by atoms with Crippen molar-refractivity contribution in [1.29, 1.82) is 0 Å². The molecule has 1 aromatic rings. The van der Waals surface area contributed by atoms with Crippen LogP contribution < -0.4 is 22.9 Å². The Labute approximate surface area is 199 Å². The van der Waals surface area contributed by atoms with Gasteiger partial charge in [0.25, 0.3) is 0 Å². The molecule has 0 saturated heterocycles. The highest BCUT2D eigenvalue weighted by atomic mass is 16.3. The molecule has 0 fully saturated rings. The Bertz CT molecular complexity index is 613. The van der Waals surface area contributed by atoms with Gasteiger partial charge in [-0.15, -0.1) is 0 Å². The van der Waals surface area contributed by atoms with Crippen molar-refractivity contribution in [2.45, 2.75) is 70.8 Å². The first-order valence-electron chi connectivity index (χ1n) is 11.4. The molecule has 1 aliphatic rings. The van der Waals surface area contributed by atoms with Gasteiger partial charge in [-0.1, -0.05) is 44.2 Å². The van der Waals surface area contributed by atoms with Crippen molar-refractivity contribution < 1.29 is 25.5 Å². The highest BCUT2D eigenvalue weighted by Gasteiger charge is 2.15. The van der Waals surface area contributed by atoms with Gasteiger partial charge in [0.15, 0.2) is 0 Å². The standard InChI is InChI=1S/C12H15NO.C5H13NO.C4H11NO2.C3H9NO/c13-11(8-14)7-10-6-5-9-3-1-2-4-12(9)10;1-4(2)5(6)3-7;1-3(7)4(5)2-6;1-3(4)2-5/h1-4,6,11,14H,5,7-8,13H2;4-5,7H,3,6H2,1-2H3;3-4,6-7H,2,5H2,1H3;3,5H,2,4H2,1H3/t11-;5-;3-,4-;3-/m0110/s1. The largest absolute Gasteiger partial charge is 0.395 e. The van der Waals surface area contributed by atoms with Crippen LogP contribution in [-0.4, -0.2) is 82.2 Å². The fraction of sp³-hybridized carbons (Fsp3) is 0.667. The van der Waals surface area contributed by atoms with Gasteiger partial charge in [0.1, 0.15) is 0 Å². The summed E-state index contributed by atoms with van der Waals surface area (Å²) in [5.74, 6) is 0.394. The highest BCUT2D eigenvalue weighted by Crippen LogP contribution is 2.29. The molecule has 1 aliphatic carbocycles. The summed E-state index contributed by atoms with van der Waals surface area (Å²) in [6.07, 6.45) is 3.38. The minimum atomic E-state index is -0.606. The van der Waals surface area contributed by atoms with E-state index in [-0.39, 0.29) is 44.6 Å². The number of nitrogens with two attached hydrogens (primary N) is 4. The third-order valence-corrected chi connectivity index (χ3v) is 4.83. The van der Waals surface area contributed by atoms with E-state index in [1.807, 2.05) is 19.9 Å². The molecule has 0 aromatic heterocycles. The third kappa shape index (κ3) is 16.8. The molecular weight excluding hydrogens is 424 g/mol. The van der Waals surface area contributed by atoms with Crippen molar-refractivity contribution in [3.63, 3.8) is 0 Å². The molecular formula is C24H48N4O5. The molecule has 5 atom stereocenters. The van der Waals surface area contributed by atoms with E-state index >= 15 is 0 Å². The Hall–Kier alpha value is -1.40. The third-order valence-electron chi connectivity index (χ3n) is 4.83. The lowest BCUT2D eigenvalue weighted by atomic mass is 10.0. The first-order valence-corrected chi connectivity index (χ1v) is 11.4. The summed E-state index contributed by atoms with van der Waals surface area (Å²) in [7, 11) is 0. The number of benzene rings is 1. The first kappa shape index (κ1) is 33.8. The minimum absolute atomic E-state index is 0.0417. The predicted octanol–water partition coefficient (Wildman–Crippen LogP) is -0.689. The summed E-state index contributed by atoms with van der Waals surface area (Å²) in [5.41, 5.74) is 25.2. The van der Waals surface area contributed by atoms with Crippen LogP contribution in [0.15, 0.2) is 30.3 Å². The molecule has 0 bridgehead atoms. The molecule has 0 aliphatic heterocycles. The molecule has 9 nitrogen and oxygen atoms in total. The van der Waals surface area contributed by atoms with Gasteiger partial charge in [-0.25, -0.2) is 0 Å². The smallest absolute Gasteiger partial charge is 0.0685 e. The topological polar surface area (TPSA) is 205 Å². The molecule has 0 heterocycles. The highest BCUT2D eigenvalue weighted by molar-refractivity contribution is 5.73. The number of allylic oxidation sites excluding steroid dienone is 1. The Morgan fingerprint density at radius 2 is 1.30 bits per heavy atom. The molecule has 0 unspecified atom stereocenters. The van der Waals surface area contributed by atoms with Crippen LogP contribution in [0, 0.1) is 5.92 Å². The molecule has 1 aromatic carbocycles. The van der Waals surface area contributed by atoms with Crippen LogP contribution in [0.5, 0.6) is 0 Å². The molecule has 33 heavy (non-hydrogen) atoms. The predicted molar refractivity (Wildman–Crippen MR) is 135 cm³/mol. The van der Waals surface area contributed by atoms with Gasteiger partial charge in [-0.3, -0.25) is 0 Å². The van der Waals surface area contributed by atoms with Gasteiger partial charge in [0.05, 0.1) is 38.6 Å². The van der Waals surface area contributed by atoms with Crippen LogP contribution in [0.2, 0.25) is 0 Å². The monoisotopic (exact) mass is 472 g/mol. The van der Waals surface area contributed by atoms with Crippen LogP contribution in [0.4, 0.5) is 0 Å². The minimum Gasteiger partial charge on any atom is -0.395 e. The number of aliphatic hydroxyl groups is 5. The van der Waals surface area contributed by atoms with E-state index in [1.54, 1.807) is 13.8 Å². The Morgan fingerprint density at radius 3 is 1.64 bits per heavy atom. The van der Waals surface area contributed by atoms with Crippen molar-refractivity contribution >= 4 is 5.57 Å². The maximum atomic E-state index is 8.89. The molecule has 2 rings (SSSR count). The molecule has 0 amide bonds. The summed E-state index contributed by atoms with van der Waals surface area (Å²) in [4.78, 5) is 0. The zero-order valence-corrected chi connectivity index (χ0v) is 20.6. The zero-order valence-electron chi connectivity index (χ0n) is 20.6. The summed E-state index contributed by atoms with van der Waals surface area (Å²) in [6, 6.07) is 7.65. The number of rotatable bonds is 8. The summed E-state index contributed by atoms with van der Waals surface area (Å²) >= 11 is 0. The van der Waals surface area contributed by atoms with Crippen LogP contribution >= 0.6 is 0 Å². The molecule has 0 saturated carbocycles. The Balaban J connectivity index is 0. The fourth-order valence-corrected chi connectivity index (χ4v) is 2.26. The zero-order chi connectivity index (χ0) is 26.0. The number of hydrogen-bond acceptors (Lipinski definition) is 9. The van der Waals surface area contributed by atoms with Crippen molar-refractivity contribution in [2.75, 3.05) is 26.4 Å². The average molecular weight is 473 g/mol. The van der Waals surface area contributed by atoms with Crippen molar-refractivity contribution in [3.05, 3.63) is 41.5 Å². The lowest BCUT2D eigenvalue weighted by Crippen LogP contribution is -2.35. The molecule has 9 heteroatoms. The first-order chi connectivity index (χ1) is 15.4. The summed E-state index contributed by atoms with van der Waals surface area (Å²) < 4.78 is 0. The normalized spacial score (nSPS) is 16.4. The van der Waals surface area contributed by atoms with Crippen LogP contribution in [0.1, 0.15) is 45.2 Å².